The Balaban J connectivity index is 2.60. The molecule has 0 atom stereocenters. The summed E-state index contributed by atoms with van der Waals surface area (Å²) >= 11 is 5.11. The maximum atomic E-state index is 10.4. The van der Waals surface area contributed by atoms with Gasteiger partial charge in [0.25, 0.3) is 0 Å². The summed E-state index contributed by atoms with van der Waals surface area (Å²) < 4.78 is 0. The molecule has 0 aromatic heterocycles. The van der Waals surface area contributed by atoms with Gasteiger partial charge in [0.2, 0.25) is 0 Å². The van der Waals surface area contributed by atoms with Crippen molar-refractivity contribution in [2.75, 3.05) is 19.0 Å². The van der Waals surface area contributed by atoms with E-state index in [4.69, 9.17) is 22.2 Å². The van der Waals surface area contributed by atoms with Gasteiger partial charge in [-0.05, 0) is 35.3 Å². The minimum Gasteiger partial charge on any atom is -0.479 e. The molecule has 0 amide bonds. The van der Waals surface area contributed by atoms with Crippen molar-refractivity contribution in [3.63, 3.8) is 0 Å². The standard InChI is InChI=1S/C14H20N2O3S/c1-14(2,3)10-5-7-11(8-6-10)15-13(20)16(4)19-9-12(17)18/h5-8H,9H2,1-4H3,(H,15,20)(H,17,18). The van der Waals surface area contributed by atoms with Crippen LogP contribution in [-0.2, 0) is 15.0 Å². The molecule has 1 aromatic rings. The first kappa shape index (κ1) is 16.4. The molecule has 0 heterocycles. The molecule has 5 nitrogen and oxygen atoms in total. The van der Waals surface area contributed by atoms with Gasteiger partial charge in [-0.15, -0.1) is 0 Å². The highest BCUT2D eigenvalue weighted by molar-refractivity contribution is 7.80. The molecular formula is C14H20N2O3S. The predicted octanol–water partition coefficient (Wildman–Crippen LogP) is 2.63. The summed E-state index contributed by atoms with van der Waals surface area (Å²) in [5, 5.41) is 13.0. The zero-order chi connectivity index (χ0) is 15.3. The van der Waals surface area contributed by atoms with Crippen molar-refractivity contribution in [2.24, 2.45) is 0 Å². The Hall–Kier alpha value is -1.66. The molecule has 0 fully saturated rings. The van der Waals surface area contributed by atoms with Crippen LogP contribution in [0.1, 0.15) is 26.3 Å². The van der Waals surface area contributed by atoms with Crippen LogP contribution in [0.5, 0.6) is 0 Å². The first-order valence-electron chi connectivity index (χ1n) is 6.20. The third kappa shape index (κ3) is 5.14. The first-order valence-corrected chi connectivity index (χ1v) is 6.61. The molecule has 0 radical (unpaired) electrons. The number of carboxylic acid groups (broad SMARTS) is 1. The summed E-state index contributed by atoms with van der Waals surface area (Å²) in [5.41, 5.74) is 2.15. The molecule has 1 aromatic carbocycles. The van der Waals surface area contributed by atoms with E-state index in [1.54, 1.807) is 7.05 Å². The topological polar surface area (TPSA) is 61.8 Å². The number of carboxylic acids is 1. The van der Waals surface area contributed by atoms with Crippen LogP contribution in [0, 0.1) is 0 Å². The third-order valence-electron chi connectivity index (χ3n) is 2.67. The third-order valence-corrected chi connectivity index (χ3v) is 3.03. The Bertz CT molecular complexity index is 480. The van der Waals surface area contributed by atoms with E-state index < -0.39 is 12.6 Å². The van der Waals surface area contributed by atoms with Crippen LogP contribution in [-0.4, -0.2) is 34.9 Å². The zero-order valence-electron chi connectivity index (χ0n) is 12.1. The van der Waals surface area contributed by atoms with E-state index >= 15 is 0 Å². The van der Waals surface area contributed by atoms with Gasteiger partial charge in [-0.25, -0.2) is 9.86 Å². The Morgan fingerprint density at radius 2 is 1.90 bits per heavy atom. The Kier molecular flexibility index (Phi) is 5.47. The van der Waals surface area contributed by atoms with E-state index in [0.29, 0.717) is 5.11 Å². The molecule has 0 bridgehead atoms. The number of aliphatic carboxylic acids is 1. The number of hydroxylamine groups is 2. The SMILES string of the molecule is CN(OCC(=O)O)C(=S)Nc1ccc(C(C)(C)C)cc1. The smallest absolute Gasteiger partial charge is 0.332 e. The van der Waals surface area contributed by atoms with Crippen LogP contribution in [0.25, 0.3) is 0 Å². The summed E-state index contributed by atoms with van der Waals surface area (Å²) in [5.74, 6) is -1.05. The molecule has 0 saturated heterocycles. The van der Waals surface area contributed by atoms with Crippen LogP contribution in [0.3, 0.4) is 0 Å². The van der Waals surface area contributed by atoms with Crippen molar-refractivity contribution in [2.45, 2.75) is 26.2 Å². The van der Waals surface area contributed by atoms with Crippen molar-refractivity contribution >= 4 is 29.0 Å². The zero-order valence-corrected chi connectivity index (χ0v) is 13.0. The number of nitrogens with zero attached hydrogens (tertiary/aromatic N) is 1. The van der Waals surface area contributed by atoms with Gasteiger partial charge >= 0.3 is 5.97 Å². The maximum absolute atomic E-state index is 10.4. The minimum absolute atomic E-state index is 0.0976. The van der Waals surface area contributed by atoms with Crippen LogP contribution in [0.15, 0.2) is 24.3 Å². The quantitative estimate of drug-likeness (QED) is 0.658. The van der Waals surface area contributed by atoms with E-state index in [1.807, 2.05) is 24.3 Å². The number of hydrogen-bond acceptors (Lipinski definition) is 3. The van der Waals surface area contributed by atoms with Crippen molar-refractivity contribution in [3.8, 4) is 0 Å². The van der Waals surface area contributed by atoms with Crippen LogP contribution >= 0.6 is 12.2 Å². The number of rotatable bonds is 4. The van der Waals surface area contributed by atoms with Crippen LogP contribution < -0.4 is 5.32 Å². The van der Waals surface area contributed by atoms with Gasteiger partial charge in [0.05, 0.1) is 0 Å². The molecule has 0 aliphatic heterocycles. The van der Waals surface area contributed by atoms with Gasteiger partial charge in [0.15, 0.2) is 11.7 Å². The maximum Gasteiger partial charge on any atom is 0.332 e. The molecule has 6 heteroatoms. The van der Waals surface area contributed by atoms with Crippen molar-refractivity contribution in [1.29, 1.82) is 0 Å². The normalized spacial score (nSPS) is 11.0. The molecular weight excluding hydrogens is 276 g/mol. The molecule has 0 aliphatic carbocycles. The highest BCUT2D eigenvalue weighted by Crippen LogP contribution is 2.23. The lowest BCUT2D eigenvalue weighted by Crippen LogP contribution is -2.33. The van der Waals surface area contributed by atoms with Gasteiger partial charge in [0.1, 0.15) is 0 Å². The predicted molar refractivity (Wildman–Crippen MR) is 82.7 cm³/mol. The van der Waals surface area contributed by atoms with E-state index in [0.717, 1.165) is 5.69 Å². The molecule has 0 spiro atoms. The molecule has 0 aliphatic rings. The van der Waals surface area contributed by atoms with E-state index in [1.165, 1.54) is 10.6 Å². The van der Waals surface area contributed by atoms with Gasteiger partial charge in [0, 0.05) is 12.7 Å². The molecule has 2 N–H and O–H groups in total. The van der Waals surface area contributed by atoms with Gasteiger partial charge in [-0.3, -0.25) is 4.84 Å². The molecule has 0 saturated carbocycles. The lowest BCUT2D eigenvalue weighted by Gasteiger charge is -2.21. The van der Waals surface area contributed by atoms with Gasteiger partial charge < -0.3 is 10.4 Å². The molecule has 110 valence electrons. The molecule has 20 heavy (non-hydrogen) atoms. The second-order valence-electron chi connectivity index (χ2n) is 5.42. The lowest BCUT2D eigenvalue weighted by molar-refractivity contribution is -0.155. The van der Waals surface area contributed by atoms with Crippen molar-refractivity contribution in [3.05, 3.63) is 29.8 Å². The van der Waals surface area contributed by atoms with Gasteiger partial charge in [-0.1, -0.05) is 32.9 Å². The van der Waals surface area contributed by atoms with Crippen LogP contribution in [0.2, 0.25) is 0 Å². The molecule has 1 rings (SSSR count). The monoisotopic (exact) mass is 296 g/mol. The summed E-state index contributed by atoms with van der Waals surface area (Å²) in [6.07, 6.45) is 0. The Morgan fingerprint density at radius 1 is 1.35 bits per heavy atom. The van der Waals surface area contributed by atoms with Crippen molar-refractivity contribution in [1.82, 2.24) is 5.06 Å². The largest absolute Gasteiger partial charge is 0.479 e. The number of anilines is 1. The summed E-state index contributed by atoms with van der Waals surface area (Å²) in [6, 6.07) is 7.92. The van der Waals surface area contributed by atoms with E-state index in [-0.39, 0.29) is 5.41 Å². The number of hydrogen-bond donors (Lipinski definition) is 2. The first-order chi connectivity index (χ1) is 9.20. The number of carbonyl (C=O) groups is 1. The fourth-order valence-corrected chi connectivity index (χ4v) is 1.64. The summed E-state index contributed by atoms with van der Waals surface area (Å²) in [7, 11) is 1.56. The number of thiocarbonyl (C=S) groups is 1. The highest BCUT2D eigenvalue weighted by Gasteiger charge is 2.13. The van der Waals surface area contributed by atoms with Gasteiger partial charge in [-0.2, -0.15) is 0 Å². The fourth-order valence-electron chi connectivity index (χ4n) is 1.47. The molecule has 0 unspecified atom stereocenters. The second-order valence-corrected chi connectivity index (χ2v) is 5.81. The van der Waals surface area contributed by atoms with Crippen LogP contribution in [0.4, 0.5) is 5.69 Å². The van der Waals surface area contributed by atoms with E-state index in [9.17, 15) is 4.79 Å². The second kappa shape index (κ2) is 6.67. The minimum atomic E-state index is -1.05. The van der Waals surface area contributed by atoms with Crippen molar-refractivity contribution < 1.29 is 14.7 Å². The number of nitrogens with one attached hydrogen (secondary N) is 1. The lowest BCUT2D eigenvalue weighted by atomic mass is 9.87. The van der Waals surface area contributed by atoms with E-state index in [2.05, 4.69) is 26.1 Å². The summed E-state index contributed by atoms with van der Waals surface area (Å²) in [6.45, 7) is 6.01. The summed E-state index contributed by atoms with van der Waals surface area (Å²) in [4.78, 5) is 15.3. The fraction of sp³-hybridized carbons (Fsp3) is 0.429. The number of benzene rings is 1. The Labute approximate surface area is 124 Å². The highest BCUT2D eigenvalue weighted by atomic mass is 32.1. The Morgan fingerprint density at radius 3 is 2.35 bits per heavy atom. The average Bonchev–Trinajstić information content (AvgIpc) is 2.35. The average molecular weight is 296 g/mol.